The van der Waals surface area contributed by atoms with Gasteiger partial charge in [0.25, 0.3) is 0 Å². The molecule has 0 aliphatic heterocycles. The molecule has 2 aromatic rings. The average molecular weight is 349 g/mol. The van der Waals surface area contributed by atoms with Gasteiger partial charge in [0.1, 0.15) is 0 Å². The predicted molar refractivity (Wildman–Crippen MR) is 86.4 cm³/mol. The lowest BCUT2D eigenvalue weighted by molar-refractivity contribution is -0.136. The number of pyridine rings is 1. The molecule has 21 heavy (non-hydrogen) atoms. The molecular weight excluding hydrogens is 332 g/mol. The number of anilines is 1. The van der Waals surface area contributed by atoms with Crippen molar-refractivity contribution in [2.24, 2.45) is 0 Å². The van der Waals surface area contributed by atoms with Crippen molar-refractivity contribution in [1.82, 2.24) is 4.98 Å². The highest BCUT2D eigenvalue weighted by molar-refractivity contribution is 9.10. The molecule has 0 spiro atoms. The summed E-state index contributed by atoms with van der Waals surface area (Å²) in [6.07, 6.45) is 1.85. The van der Waals surface area contributed by atoms with E-state index in [2.05, 4.69) is 25.8 Å². The Labute approximate surface area is 132 Å². The molecule has 0 fully saturated rings. The SMILES string of the molecule is Cc1ccccc1N(CCC(=O)O)Cc1ccc(Br)cn1. The number of halogens is 1. The van der Waals surface area contributed by atoms with E-state index in [0.717, 1.165) is 21.4 Å². The van der Waals surface area contributed by atoms with E-state index in [-0.39, 0.29) is 6.42 Å². The van der Waals surface area contributed by atoms with Crippen LogP contribution in [0.3, 0.4) is 0 Å². The highest BCUT2D eigenvalue weighted by atomic mass is 79.9. The zero-order valence-electron chi connectivity index (χ0n) is 11.8. The van der Waals surface area contributed by atoms with Crippen molar-refractivity contribution in [3.63, 3.8) is 0 Å². The zero-order chi connectivity index (χ0) is 15.2. The third kappa shape index (κ3) is 4.56. The van der Waals surface area contributed by atoms with Crippen LogP contribution in [-0.4, -0.2) is 22.6 Å². The van der Waals surface area contributed by atoms with Gasteiger partial charge >= 0.3 is 5.97 Å². The molecule has 0 amide bonds. The van der Waals surface area contributed by atoms with Gasteiger partial charge in [0.05, 0.1) is 18.7 Å². The second-order valence-corrected chi connectivity index (χ2v) is 5.74. The first-order chi connectivity index (χ1) is 10.1. The first-order valence-electron chi connectivity index (χ1n) is 6.69. The molecule has 0 radical (unpaired) electrons. The van der Waals surface area contributed by atoms with E-state index >= 15 is 0 Å². The number of aliphatic carboxylic acids is 1. The fourth-order valence-corrected chi connectivity index (χ4v) is 2.36. The molecule has 0 saturated carbocycles. The zero-order valence-corrected chi connectivity index (χ0v) is 13.4. The molecule has 0 aliphatic carbocycles. The summed E-state index contributed by atoms with van der Waals surface area (Å²) in [6, 6.07) is 11.9. The first kappa shape index (κ1) is 15.5. The number of hydrogen-bond acceptors (Lipinski definition) is 3. The second-order valence-electron chi connectivity index (χ2n) is 4.82. The normalized spacial score (nSPS) is 10.4. The Balaban J connectivity index is 2.21. The van der Waals surface area contributed by atoms with Gasteiger partial charge in [-0.1, -0.05) is 18.2 Å². The van der Waals surface area contributed by atoms with Gasteiger partial charge in [-0.2, -0.15) is 0 Å². The van der Waals surface area contributed by atoms with Gasteiger partial charge in [-0.15, -0.1) is 0 Å². The molecule has 4 nitrogen and oxygen atoms in total. The summed E-state index contributed by atoms with van der Waals surface area (Å²) >= 11 is 3.36. The molecule has 5 heteroatoms. The lowest BCUT2D eigenvalue weighted by Crippen LogP contribution is -2.26. The molecule has 0 saturated heterocycles. The van der Waals surface area contributed by atoms with Crippen molar-refractivity contribution in [2.75, 3.05) is 11.4 Å². The van der Waals surface area contributed by atoms with Crippen molar-refractivity contribution in [2.45, 2.75) is 19.9 Å². The minimum atomic E-state index is -0.794. The summed E-state index contributed by atoms with van der Waals surface area (Å²) in [5.74, 6) is -0.794. The van der Waals surface area contributed by atoms with Crippen LogP contribution in [0.25, 0.3) is 0 Å². The van der Waals surface area contributed by atoms with E-state index in [4.69, 9.17) is 5.11 Å². The van der Waals surface area contributed by atoms with E-state index in [9.17, 15) is 4.79 Å². The molecule has 0 atom stereocenters. The molecule has 1 aromatic carbocycles. The number of hydrogen-bond donors (Lipinski definition) is 1. The Kier molecular flexibility index (Phi) is 5.33. The van der Waals surface area contributed by atoms with Gasteiger partial charge in [0.2, 0.25) is 0 Å². The molecule has 110 valence electrons. The number of nitrogens with zero attached hydrogens (tertiary/aromatic N) is 2. The number of aromatic nitrogens is 1. The molecule has 0 unspecified atom stereocenters. The van der Waals surface area contributed by atoms with Crippen LogP contribution in [0, 0.1) is 6.92 Å². The maximum atomic E-state index is 10.9. The number of para-hydroxylation sites is 1. The van der Waals surface area contributed by atoms with Gasteiger partial charge in [-0.25, -0.2) is 0 Å². The fraction of sp³-hybridized carbons (Fsp3) is 0.250. The van der Waals surface area contributed by atoms with E-state index in [1.54, 1.807) is 6.20 Å². The second kappa shape index (κ2) is 7.22. The summed E-state index contributed by atoms with van der Waals surface area (Å²) in [4.78, 5) is 17.3. The molecule has 1 N–H and O–H groups in total. The lowest BCUT2D eigenvalue weighted by atomic mass is 10.1. The number of aryl methyl sites for hydroxylation is 1. The third-order valence-electron chi connectivity index (χ3n) is 3.19. The minimum Gasteiger partial charge on any atom is -0.481 e. The standard InChI is InChI=1S/C16H17BrN2O2/c1-12-4-2-3-5-15(12)19(9-8-16(20)21)11-14-7-6-13(17)10-18-14/h2-7,10H,8-9,11H2,1H3,(H,20,21). The van der Waals surface area contributed by atoms with E-state index < -0.39 is 5.97 Å². The van der Waals surface area contributed by atoms with Crippen molar-refractivity contribution < 1.29 is 9.90 Å². The quantitative estimate of drug-likeness (QED) is 0.865. The summed E-state index contributed by atoms with van der Waals surface area (Å²) in [5, 5.41) is 8.93. The van der Waals surface area contributed by atoms with Crippen LogP contribution in [-0.2, 0) is 11.3 Å². The van der Waals surface area contributed by atoms with Crippen LogP contribution in [0.1, 0.15) is 17.7 Å². The van der Waals surface area contributed by atoms with Crippen LogP contribution in [0.4, 0.5) is 5.69 Å². The number of rotatable bonds is 6. The summed E-state index contributed by atoms with van der Waals surface area (Å²) in [6.45, 7) is 3.07. The van der Waals surface area contributed by atoms with Crippen LogP contribution in [0.15, 0.2) is 47.1 Å². The monoisotopic (exact) mass is 348 g/mol. The smallest absolute Gasteiger partial charge is 0.305 e. The minimum absolute atomic E-state index is 0.102. The van der Waals surface area contributed by atoms with E-state index in [1.807, 2.05) is 43.3 Å². The van der Waals surface area contributed by atoms with Gasteiger partial charge < -0.3 is 10.0 Å². The third-order valence-corrected chi connectivity index (χ3v) is 3.66. The number of carboxylic acid groups (broad SMARTS) is 1. The summed E-state index contributed by atoms with van der Waals surface area (Å²) in [5.41, 5.74) is 3.08. The van der Waals surface area contributed by atoms with Crippen LogP contribution >= 0.6 is 15.9 Å². The number of carboxylic acids is 1. The number of benzene rings is 1. The Morgan fingerprint density at radius 1 is 1.29 bits per heavy atom. The highest BCUT2D eigenvalue weighted by Gasteiger charge is 2.12. The summed E-state index contributed by atoms with van der Waals surface area (Å²) in [7, 11) is 0. The Hall–Kier alpha value is -1.88. The molecule has 1 aromatic heterocycles. The van der Waals surface area contributed by atoms with Crippen LogP contribution < -0.4 is 4.90 Å². The van der Waals surface area contributed by atoms with Gasteiger partial charge in [0, 0.05) is 22.9 Å². The highest BCUT2D eigenvalue weighted by Crippen LogP contribution is 2.21. The number of carbonyl (C=O) groups is 1. The molecule has 0 aliphatic rings. The molecular formula is C16H17BrN2O2. The van der Waals surface area contributed by atoms with Crippen molar-refractivity contribution in [3.05, 3.63) is 58.3 Å². The fourth-order valence-electron chi connectivity index (χ4n) is 2.13. The predicted octanol–water partition coefficient (Wildman–Crippen LogP) is 3.63. The Morgan fingerprint density at radius 3 is 2.67 bits per heavy atom. The topological polar surface area (TPSA) is 53.4 Å². The first-order valence-corrected chi connectivity index (χ1v) is 7.48. The van der Waals surface area contributed by atoms with Gasteiger partial charge in [-0.3, -0.25) is 9.78 Å². The molecule has 2 rings (SSSR count). The lowest BCUT2D eigenvalue weighted by Gasteiger charge is -2.25. The average Bonchev–Trinajstić information content (AvgIpc) is 2.46. The molecule has 1 heterocycles. The van der Waals surface area contributed by atoms with E-state index in [1.165, 1.54) is 0 Å². The van der Waals surface area contributed by atoms with Crippen molar-refractivity contribution in [3.8, 4) is 0 Å². The van der Waals surface area contributed by atoms with Crippen LogP contribution in [0.2, 0.25) is 0 Å². The summed E-state index contributed by atoms with van der Waals surface area (Å²) < 4.78 is 0.930. The van der Waals surface area contributed by atoms with Gasteiger partial charge in [-0.05, 0) is 46.6 Å². The Morgan fingerprint density at radius 2 is 2.05 bits per heavy atom. The van der Waals surface area contributed by atoms with Crippen LogP contribution in [0.5, 0.6) is 0 Å². The largest absolute Gasteiger partial charge is 0.481 e. The maximum absolute atomic E-state index is 10.9. The maximum Gasteiger partial charge on any atom is 0.305 e. The van der Waals surface area contributed by atoms with Crippen molar-refractivity contribution >= 4 is 27.6 Å². The van der Waals surface area contributed by atoms with Crippen molar-refractivity contribution in [1.29, 1.82) is 0 Å². The van der Waals surface area contributed by atoms with Gasteiger partial charge in [0.15, 0.2) is 0 Å². The van der Waals surface area contributed by atoms with E-state index in [0.29, 0.717) is 13.1 Å². The molecule has 0 bridgehead atoms. The Bertz CT molecular complexity index is 614.